The van der Waals surface area contributed by atoms with Crippen LogP contribution in [0.25, 0.3) is 0 Å². The van der Waals surface area contributed by atoms with Crippen LogP contribution in [-0.4, -0.2) is 42.9 Å². The number of rotatable bonds is 14. The molecule has 0 aliphatic carbocycles. The summed E-state index contributed by atoms with van der Waals surface area (Å²) in [7, 11) is 0. The highest BCUT2D eigenvalue weighted by Crippen LogP contribution is 2.20. The van der Waals surface area contributed by atoms with Gasteiger partial charge in [0.25, 0.3) is 11.8 Å². The van der Waals surface area contributed by atoms with Gasteiger partial charge in [0.2, 0.25) is 0 Å². The van der Waals surface area contributed by atoms with Gasteiger partial charge in [-0.05, 0) is 86.5 Å². The van der Waals surface area contributed by atoms with E-state index in [1.807, 2.05) is 0 Å². The van der Waals surface area contributed by atoms with Crippen LogP contribution in [0.15, 0.2) is 110 Å². The van der Waals surface area contributed by atoms with Crippen LogP contribution in [-0.2, 0) is 28.6 Å². The Morgan fingerprint density at radius 3 is 1.93 bits per heavy atom. The van der Waals surface area contributed by atoms with Crippen LogP contribution in [0.1, 0.15) is 40.5 Å². The molecule has 0 saturated heterocycles. The van der Waals surface area contributed by atoms with Gasteiger partial charge >= 0.3 is 17.9 Å². The zero-order valence-electron chi connectivity index (χ0n) is 22.9. The number of carbonyl (C=O) groups excluding carboxylic acids is 5. The monoisotopic (exact) mass is 571 g/mol. The fraction of sp³-hybridized carbons (Fsp3) is 0.156. The number of unbranched alkanes of at least 4 members (excludes halogenated alkanes) is 1. The Kier molecular flexibility index (Phi) is 11.3. The van der Waals surface area contributed by atoms with E-state index in [4.69, 9.17) is 18.9 Å². The molecule has 2 amide bonds. The predicted octanol–water partition coefficient (Wildman–Crippen LogP) is 4.99. The van der Waals surface area contributed by atoms with E-state index in [0.717, 1.165) is 11.0 Å². The van der Waals surface area contributed by atoms with Crippen LogP contribution in [0, 0.1) is 0 Å². The molecule has 1 heterocycles. The number of esters is 3. The molecule has 2 aromatic rings. The van der Waals surface area contributed by atoms with E-state index in [2.05, 4.69) is 13.2 Å². The molecular formula is C32H29NO9. The molecule has 42 heavy (non-hydrogen) atoms. The zero-order chi connectivity index (χ0) is 30.5. The third kappa shape index (κ3) is 9.02. The fourth-order valence-electron chi connectivity index (χ4n) is 3.46. The maximum Gasteiger partial charge on any atom is 0.343 e. The average Bonchev–Trinajstić information content (AvgIpc) is 3.34. The maximum atomic E-state index is 12.6. The summed E-state index contributed by atoms with van der Waals surface area (Å²) in [6, 6.07) is 12.2. The summed E-state index contributed by atoms with van der Waals surface area (Å²) >= 11 is 0. The molecular weight excluding hydrogens is 542 g/mol. The van der Waals surface area contributed by atoms with Crippen LogP contribution in [0.4, 0.5) is 5.69 Å². The lowest BCUT2D eigenvalue weighted by atomic mass is 10.2. The second kappa shape index (κ2) is 15.3. The lowest BCUT2D eigenvalue weighted by molar-refractivity contribution is -0.137. The number of amides is 2. The van der Waals surface area contributed by atoms with Crippen molar-refractivity contribution in [2.45, 2.75) is 19.8 Å². The standard InChI is InChI=1S/C32H29NO9/c1-4-26(42-32(38)24-11-16-27(17-12-24)39-20-6-7-21-40-30(36)5-2)15-8-22(3)41-31(37)23-9-13-25(14-10-23)33-28(34)18-19-29(33)35/h4-5,8-19H,1-2,6-7,20-21H2,3H3/b22-8+,26-15+. The van der Waals surface area contributed by atoms with E-state index in [9.17, 15) is 24.0 Å². The van der Waals surface area contributed by atoms with Gasteiger partial charge in [-0.15, -0.1) is 0 Å². The Bertz CT molecular complexity index is 1430. The summed E-state index contributed by atoms with van der Waals surface area (Å²) in [5.74, 6) is -1.74. The van der Waals surface area contributed by atoms with E-state index in [1.165, 1.54) is 54.6 Å². The van der Waals surface area contributed by atoms with Crippen molar-refractivity contribution in [2.75, 3.05) is 18.1 Å². The molecule has 3 rings (SSSR count). The molecule has 0 bridgehead atoms. The van der Waals surface area contributed by atoms with Crippen molar-refractivity contribution in [2.24, 2.45) is 0 Å². The molecule has 2 aromatic carbocycles. The maximum absolute atomic E-state index is 12.6. The molecule has 0 unspecified atom stereocenters. The largest absolute Gasteiger partial charge is 0.494 e. The van der Waals surface area contributed by atoms with E-state index in [-0.39, 0.29) is 29.3 Å². The van der Waals surface area contributed by atoms with E-state index >= 15 is 0 Å². The summed E-state index contributed by atoms with van der Waals surface area (Å²) < 4.78 is 21.2. The highest BCUT2D eigenvalue weighted by molar-refractivity contribution is 6.28. The number of ether oxygens (including phenoxy) is 4. The van der Waals surface area contributed by atoms with Crippen LogP contribution in [0.3, 0.4) is 0 Å². The Labute approximate surface area is 242 Å². The van der Waals surface area contributed by atoms with Crippen LogP contribution >= 0.6 is 0 Å². The molecule has 1 aliphatic rings. The summed E-state index contributed by atoms with van der Waals surface area (Å²) in [4.78, 5) is 60.6. The summed E-state index contributed by atoms with van der Waals surface area (Å²) in [6.45, 7) is 9.22. The minimum atomic E-state index is -0.656. The Morgan fingerprint density at radius 1 is 0.762 bits per heavy atom. The zero-order valence-corrected chi connectivity index (χ0v) is 22.9. The van der Waals surface area contributed by atoms with Crippen molar-refractivity contribution in [3.05, 3.63) is 121 Å². The van der Waals surface area contributed by atoms with Gasteiger partial charge in [0, 0.05) is 18.2 Å². The first kappa shape index (κ1) is 31.0. The van der Waals surface area contributed by atoms with Gasteiger partial charge in [-0.25, -0.2) is 19.3 Å². The minimum absolute atomic E-state index is 0.130. The summed E-state index contributed by atoms with van der Waals surface area (Å²) in [5, 5.41) is 0. The van der Waals surface area contributed by atoms with Gasteiger partial charge in [0.05, 0.1) is 30.0 Å². The molecule has 0 radical (unpaired) electrons. The van der Waals surface area contributed by atoms with Crippen molar-refractivity contribution < 1.29 is 42.9 Å². The Balaban J connectivity index is 1.48. The number of imide groups is 1. The third-order valence-electron chi connectivity index (χ3n) is 5.63. The van der Waals surface area contributed by atoms with Crippen LogP contribution in [0.2, 0.25) is 0 Å². The van der Waals surface area contributed by atoms with Crippen molar-refractivity contribution in [3.63, 3.8) is 0 Å². The molecule has 10 heteroatoms. The van der Waals surface area contributed by atoms with Gasteiger partial charge in [-0.2, -0.15) is 0 Å². The number of carbonyl (C=O) groups is 5. The van der Waals surface area contributed by atoms with Gasteiger partial charge < -0.3 is 18.9 Å². The first-order valence-electron chi connectivity index (χ1n) is 12.9. The van der Waals surface area contributed by atoms with E-state index in [0.29, 0.717) is 30.9 Å². The van der Waals surface area contributed by atoms with Gasteiger partial charge in [-0.3, -0.25) is 9.59 Å². The van der Waals surface area contributed by atoms with Gasteiger partial charge in [0.15, 0.2) is 0 Å². The molecule has 0 saturated carbocycles. The lowest BCUT2D eigenvalue weighted by Crippen LogP contribution is -2.29. The van der Waals surface area contributed by atoms with Crippen molar-refractivity contribution in [1.82, 2.24) is 0 Å². The number of anilines is 1. The molecule has 0 atom stereocenters. The van der Waals surface area contributed by atoms with Crippen molar-refractivity contribution in [3.8, 4) is 5.75 Å². The normalized spacial score (nSPS) is 13.0. The average molecular weight is 572 g/mol. The second-order valence-electron chi connectivity index (χ2n) is 8.67. The second-order valence-corrected chi connectivity index (χ2v) is 8.67. The van der Waals surface area contributed by atoms with Crippen LogP contribution in [0.5, 0.6) is 5.75 Å². The SMILES string of the molecule is C=CC(=O)OCCCCOc1ccc(C(=O)O/C(C=C)=C/C=C(\C)OC(=O)c2ccc(N3C(=O)C=CC3=O)cc2)cc1. The molecule has 216 valence electrons. The fourth-order valence-corrected chi connectivity index (χ4v) is 3.46. The Hall–Kier alpha value is -5.51. The van der Waals surface area contributed by atoms with Crippen molar-refractivity contribution >= 4 is 35.4 Å². The van der Waals surface area contributed by atoms with Crippen LogP contribution < -0.4 is 9.64 Å². The number of allylic oxidation sites excluding steroid dienone is 4. The lowest BCUT2D eigenvalue weighted by Gasteiger charge is -2.14. The van der Waals surface area contributed by atoms with Gasteiger partial charge in [0.1, 0.15) is 17.3 Å². The summed E-state index contributed by atoms with van der Waals surface area (Å²) in [5.41, 5.74) is 0.830. The Morgan fingerprint density at radius 2 is 1.33 bits per heavy atom. The number of hydrogen-bond donors (Lipinski definition) is 0. The molecule has 0 N–H and O–H groups in total. The number of nitrogens with zero attached hydrogens (tertiary/aromatic N) is 1. The van der Waals surface area contributed by atoms with Gasteiger partial charge in [-0.1, -0.05) is 13.2 Å². The quantitative estimate of drug-likeness (QED) is 0.0586. The third-order valence-corrected chi connectivity index (χ3v) is 5.63. The highest BCUT2D eigenvalue weighted by Gasteiger charge is 2.25. The first-order chi connectivity index (χ1) is 20.2. The molecule has 1 aliphatic heterocycles. The number of benzene rings is 2. The highest BCUT2D eigenvalue weighted by atomic mass is 16.5. The first-order valence-corrected chi connectivity index (χ1v) is 12.9. The van der Waals surface area contributed by atoms with E-state index < -0.39 is 29.7 Å². The molecule has 0 aromatic heterocycles. The topological polar surface area (TPSA) is 126 Å². The number of hydrogen-bond acceptors (Lipinski definition) is 9. The molecule has 0 spiro atoms. The minimum Gasteiger partial charge on any atom is -0.494 e. The van der Waals surface area contributed by atoms with E-state index in [1.54, 1.807) is 31.2 Å². The molecule has 0 fully saturated rings. The summed E-state index contributed by atoms with van der Waals surface area (Å²) in [6.07, 6.45) is 8.98. The smallest absolute Gasteiger partial charge is 0.343 e. The molecule has 10 nitrogen and oxygen atoms in total. The predicted molar refractivity (Wildman–Crippen MR) is 153 cm³/mol. The van der Waals surface area contributed by atoms with Crippen molar-refractivity contribution in [1.29, 1.82) is 0 Å².